The SMILES string of the molecule is CCCCn1nnc(C(=O)O)c1CCCOc1ccccc1. The molecule has 0 spiro atoms. The molecule has 0 amide bonds. The van der Waals surface area contributed by atoms with E-state index in [2.05, 4.69) is 17.2 Å². The number of aromatic carboxylic acids is 1. The predicted molar refractivity (Wildman–Crippen MR) is 82.1 cm³/mol. The van der Waals surface area contributed by atoms with E-state index in [9.17, 15) is 9.90 Å². The Kier molecular flexibility index (Phi) is 5.94. The molecule has 2 rings (SSSR count). The summed E-state index contributed by atoms with van der Waals surface area (Å²) in [7, 11) is 0. The molecule has 0 aliphatic rings. The van der Waals surface area contributed by atoms with Crippen LogP contribution >= 0.6 is 0 Å². The van der Waals surface area contributed by atoms with E-state index in [0.29, 0.717) is 31.7 Å². The van der Waals surface area contributed by atoms with Gasteiger partial charge in [-0.15, -0.1) is 5.10 Å². The minimum Gasteiger partial charge on any atom is -0.494 e. The van der Waals surface area contributed by atoms with Gasteiger partial charge in [0, 0.05) is 6.54 Å². The Morgan fingerprint density at radius 3 is 2.73 bits per heavy atom. The lowest BCUT2D eigenvalue weighted by atomic mass is 10.2. The number of unbranched alkanes of at least 4 members (excludes halogenated alkanes) is 1. The maximum absolute atomic E-state index is 11.2. The molecule has 0 unspecified atom stereocenters. The molecule has 0 bridgehead atoms. The zero-order valence-corrected chi connectivity index (χ0v) is 12.7. The van der Waals surface area contributed by atoms with Gasteiger partial charge in [0.05, 0.1) is 12.3 Å². The Morgan fingerprint density at radius 1 is 1.27 bits per heavy atom. The van der Waals surface area contributed by atoms with Crippen LogP contribution in [0.5, 0.6) is 5.75 Å². The van der Waals surface area contributed by atoms with Crippen molar-refractivity contribution in [1.29, 1.82) is 0 Å². The largest absolute Gasteiger partial charge is 0.494 e. The minimum atomic E-state index is -1.03. The van der Waals surface area contributed by atoms with Crippen molar-refractivity contribution >= 4 is 5.97 Å². The Bertz CT molecular complexity index is 596. The van der Waals surface area contributed by atoms with Crippen LogP contribution in [0.1, 0.15) is 42.4 Å². The number of ether oxygens (including phenoxy) is 1. The van der Waals surface area contributed by atoms with Crippen LogP contribution in [0.2, 0.25) is 0 Å². The highest BCUT2D eigenvalue weighted by Gasteiger charge is 2.18. The fraction of sp³-hybridized carbons (Fsp3) is 0.438. The van der Waals surface area contributed by atoms with E-state index in [0.717, 1.165) is 18.6 Å². The van der Waals surface area contributed by atoms with E-state index in [4.69, 9.17) is 4.74 Å². The van der Waals surface area contributed by atoms with Crippen molar-refractivity contribution in [3.05, 3.63) is 41.7 Å². The topological polar surface area (TPSA) is 77.2 Å². The summed E-state index contributed by atoms with van der Waals surface area (Å²) in [5.41, 5.74) is 0.730. The normalized spacial score (nSPS) is 10.6. The Hall–Kier alpha value is -2.37. The number of para-hydroxylation sites is 1. The standard InChI is InChI=1S/C16H21N3O3/c1-2-3-11-19-14(15(16(20)21)17-18-19)10-7-12-22-13-8-5-4-6-9-13/h4-6,8-9H,2-3,7,10-12H2,1H3,(H,20,21). The maximum atomic E-state index is 11.2. The van der Waals surface area contributed by atoms with Gasteiger partial charge in [-0.25, -0.2) is 9.48 Å². The summed E-state index contributed by atoms with van der Waals surface area (Å²) in [6, 6.07) is 9.57. The second-order valence-electron chi connectivity index (χ2n) is 5.03. The highest BCUT2D eigenvalue weighted by Crippen LogP contribution is 2.12. The predicted octanol–water partition coefficient (Wildman–Crippen LogP) is 2.79. The van der Waals surface area contributed by atoms with Gasteiger partial charge in [0.15, 0.2) is 5.69 Å². The monoisotopic (exact) mass is 303 g/mol. The van der Waals surface area contributed by atoms with E-state index in [-0.39, 0.29) is 5.69 Å². The van der Waals surface area contributed by atoms with Gasteiger partial charge < -0.3 is 9.84 Å². The lowest BCUT2D eigenvalue weighted by Gasteiger charge is -2.08. The molecule has 6 heteroatoms. The molecule has 1 heterocycles. The number of aryl methyl sites for hydroxylation is 1. The average molecular weight is 303 g/mol. The smallest absolute Gasteiger partial charge is 0.358 e. The van der Waals surface area contributed by atoms with Crippen LogP contribution < -0.4 is 4.74 Å². The molecule has 22 heavy (non-hydrogen) atoms. The van der Waals surface area contributed by atoms with Crippen LogP contribution in [0.4, 0.5) is 0 Å². The van der Waals surface area contributed by atoms with Gasteiger partial charge in [0.1, 0.15) is 5.75 Å². The summed E-state index contributed by atoms with van der Waals surface area (Å²) in [4.78, 5) is 11.2. The van der Waals surface area contributed by atoms with Gasteiger partial charge in [-0.1, -0.05) is 36.8 Å². The molecule has 1 N–H and O–H groups in total. The molecule has 1 aromatic heterocycles. The quantitative estimate of drug-likeness (QED) is 0.721. The number of carboxylic acid groups (broad SMARTS) is 1. The third-order valence-corrected chi connectivity index (χ3v) is 3.33. The molecule has 6 nitrogen and oxygen atoms in total. The number of benzene rings is 1. The molecule has 0 atom stereocenters. The summed E-state index contributed by atoms with van der Waals surface area (Å²) in [6.07, 6.45) is 3.29. The van der Waals surface area contributed by atoms with Crippen molar-refractivity contribution in [3.8, 4) is 5.75 Å². The van der Waals surface area contributed by atoms with Crippen molar-refractivity contribution in [2.45, 2.75) is 39.2 Å². The summed E-state index contributed by atoms with van der Waals surface area (Å²) < 4.78 is 7.33. The van der Waals surface area contributed by atoms with Crippen molar-refractivity contribution in [2.75, 3.05) is 6.61 Å². The molecule has 0 saturated heterocycles. The number of rotatable bonds is 9. The Morgan fingerprint density at radius 2 is 2.05 bits per heavy atom. The second-order valence-corrected chi connectivity index (χ2v) is 5.03. The third-order valence-electron chi connectivity index (χ3n) is 3.33. The molecule has 0 aliphatic carbocycles. The van der Waals surface area contributed by atoms with Crippen LogP contribution in [-0.4, -0.2) is 32.7 Å². The zero-order chi connectivity index (χ0) is 15.8. The van der Waals surface area contributed by atoms with Crippen LogP contribution in [0.15, 0.2) is 30.3 Å². The first-order valence-electron chi connectivity index (χ1n) is 7.56. The van der Waals surface area contributed by atoms with E-state index in [1.165, 1.54) is 0 Å². The molecular weight excluding hydrogens is 282 g/mol. The summed E-state index contributed by atoms with van der Waals surface area (Å²) in [6.45, 7) is 3.32. The lowest BCUT2D eigenvalue weighted by molar-refractivity contribution is 0.0689. The molecule has 1 aromatic carbocycles. The van der Waals surface area contributed by atoms with Crippen LogP contribution in [0, 0.1) is 0 Å². The highest BCUT2D eigenvalue weighted by atomic mass is 16.5. The first-order chi connectivity index (χ1) is 10.7. The number of carboxylic acids is 1. The molecule has 118 valence electrons. The van der Waals surface area contributed by atoms with Crippen molar-refractivity contribution in [3.63, 3.8) is 0 Å². The molecule has 0 radical (unpaired) electrons. The van der Waals surface area contributed by atoms with E-state index >= 15 is 0 Å². The van der Waals surface area contributed by atoms with Gasteiger partial charge in [0.25, 0.3) is 0 Å². The van der Waals surface area contributed by atoms with Gasteiger partial charge in [0.2, 0.25) is 0 Å². The number of carbonyl (C=O) groups is 1. The fourth-order valence-corrected chi connectivity index (χ4v) is 2.18. The first-order valence-corrected chi connectivity index (χ1v) is 7.56. The molecule has 0 fully saturated rings. The summed E-state index contributed by atoms with van der Waals surface area (Å²) in [5.74, 6) is -0.208. The Labute approximate surface area is 129 Å². The van der Waals surface area contributed by atoms with Crippen molar-refractivity contribution < 1.29 is 14.6 Å². The Balaban J connectivity index is 1.92. The fourth-order valence-electron chi connectivity index (χ4n) is 2.18. The molecule has 0 saturated carbocycles. The number of hydrogen-bond acceptors (Lipinski definition) is 4. The van der Waals surface area contributed by atoms with E-state index in [1.54, 1.807) is 4.68 Å². The van der Waals surface area contributed by atoms with Crippen LogP contribution in [-0.2, 0) is 13.0 Å². The van der Waals surface area contributed by atoms with E-state index < -0.39 is 5.97 Å². The zero-order valence-electron chi connectivity index (χ0n) is 12.7. The maximum Gasteiger partial charge on any atom is 0.358 e. The van der Waals surface area contributed by atoms with Gasteiger partial charge in [-0.2, -0.15) is 0 Å². The average Bonchev–Trinajstić information content (AvgIpc) is 2.93. The van der Waals surface area contributed by atoms with Gasteiger partial charge in [-0.05, 0) is 31.4 Å². The lowest BCUT2D eigenvalue weighted by Crippen LogP contribution is -2.10. The second kappa shape index (κ2) is 8.17. The number of aromatic nitrogens is 3. The summed E-state index contributed by atoms with van der Waals surface area (Å²) >= 11 is 0. The summed E-state index contributed by atoms with van der Waals surface area (Å²) in [5, 5.41) is 16.9. The van der Waals surface area contributed by atoms with Crippen LogP contribution in [0.25, 0.3) is 0 Å². The first kappa shape index (κ1) is 16.0. The van der Waals surface area contributed by atoms with E-state index in [1.807, 2.05) is 30.3 Å². The molecule has 2 aromatic rings. The van der Waals surface area contributed by atoms with Gasteiger partial charge >= 0.3 is 5.97 Å². The number of nitrogens with zero attached hydrogens (tertiary/aromatic N) is 3. The van der Waals surface area contributed by atoms with Crippen molar-refractivity contribution in [2.24, 2.45) is 0 Å². The minimum absolute atomic E-state index is 0.0517. The highest BCUT2D eigenvalue weighted by molar-refractivity contribution is 5.86. The molecular formula is C16H21N3O3. The molecule has 0 aliphatic heterocycles. The van der Waals surface area contributed by atoms with Crippen LogP contribution in [0.3, 0.4) is 0 Å². The van der Waals surface area contributed by atoms with Gasteiger partial charge in [-0.3, -0.25) is 0 Å². The van der Waals surface area contributed by atoms with Crippen molar-refractivity contribution in [1.82, 2.24) is 15.0 Å². The third kappa shape index (κ3) is 4.31. The number of hydrogen-bond donors (Lipinski definition) is 1.